The van der Waals surface area contributed by atoms with Crippen LogP contribution in [0, 0.1) is 12.8 Å². The Hall–Kier alpha value is -2.62. The Morgan fingerprint density at radius 2 is 1.93 bits per heavy atom. The molecule has 27 heavy (non-hydrogen) atoms. The molecule has 0 fully saturated rings. The Balaban J connectivity index is 2.25. The number of fused-ring (bicyclic) bond motifs is 1. The standard InChI is InChI=1S/C23H29N3O/c1-7-14(2)21(27)20-11-9-17-18(16-8-10-19(24)15(3)12-16)13-26(22(17)25-20)23(4,5)6/h8-14H,7,24H2,1-6H3. The van der Waals surface area contributed by atoms with Crippen LogP contribution < -0.4 is 5.73 Å². The quantitative estimate of drug-likeness (QED) is 0.486. The number of rotatable bonds is 4. The fraction of sp³-hybridized carbons (Fsp3) is 0.391. The Morgan fingerprint density at radius 3 is 2.52 bits per heavy atom. The van der Waals surface area contributed by atoms with Gasteiger partial charge in [-0.1, -0.05) is 19.9 Å². The zero-order valence-electron chi connectivity index (χ0n) is 17.1. The van der Waals surface area contributed by atoms with Gasteiger partial charge in [-0.3, -0.25) is 4.79 Å². The maximum absolute atomic E-state index is 12.7. The topological polar surface area (TPSA) is 60.9 Å². The maximum Gasteiger partial charge on any atom is 0.184 e. The molecule has 0 aliphatic heterocycles. The van der Waals surface area contributed by atoms with Crippen LogP contribution in [-0.2, 0) is 5.54 Å². The van der Waals surface area contributed by atoms with E-state index in [9.17, 15) is 4.79 Å². The molecule has 2 N–H and O–H groups in total. The van der Waals surface area contributed by atoms with Crippen molar-refractivity contribution in [2.45, 2.75) is 53.5 Å². The molecule has 3 rings (SSSR count). The molecule has 4 nitrogen and oxygen atoms in total. The minimum Gasteiger partial charge on any atom is -0.399 e. The van der Waals surface area contributed by atoms with E-state index < -0.39 is 0 Å². The molecule has 1 unspecified atom stereocenters. The van der Waals surface area contributed by atoms with Gasteiger partial charge in [0, 0.05) is 34.3 Å². The van der Waals surface area contributed by atoms with Crippen LogP contribution in [0.5, 0.6) is 0 Å². The number of Topliss-reactive ketones (excluding diaryl/α,β-unsaturated/α-hetero) is 1. The molecule has 0 bridgehead atoms. The van der Waals surface area contributed by atoms with Gasteiger partial charge in [0.2, 0.25) is 0 Å². The van der Waals surface area contributed by atoms with Gasteiger partial charge in [0.1, 0.15) is 11.3 Å². The SMILES string of the molecule is CCC(C)C(=O)c1ccc2c(-c3ccc(N)c(C)c3)cn(C(C)(C)C)c2n1. The molecule has 0 saturated carbocycles. The summed E-state index contributed by atoms with van der Waals surface area (Å²) in [4.78, 5) is 17.4. The highest BCUT2D eigenvalue weighted by Crippen LogP contribution is 2.34. The van der Waals surface area contributed by atoms with Gasteiger partial charge >= 0.3 is 0 Å². The van der Waals surface area contributed by atoms with E-state index in [1.165, 1.54) is 0 Å². The number of nitrogens with two attached hydrogens (primary N) is 1. The third kappa shape index (κ3) is 3.48. The summed E-state index contributed by atoms with van der Waals surface area (Å²) in [5, 5.41) is 1.05. The minimum atomic E-state index is -0.148. The molecule has 2 heterocycles. The fourth-order valence-corrected chi connectivity index (χ4v) is 3.26. The molecule has 0 radical (unpaired) electrons. The summed E-state index contributed by atoms with van der Waals surface area (Å²) in [6, 6.07) is 9.98. The van der Waals surface area contributed by atoms with Crippen LogP contribution in [0.2, 0.25) is 0 Å². The van der Waals surface area contributed by atoms with Gasteiger partial charge in [-0.05, 0) is 69.5 Å². The van der Waals surface area contributed by atoms with Crippen LogP contribution in [0.3, 0.4) is 0 Å². The largest absolute Gasteiger partial charge is 0.399 e. The summed E-state index contributed by atoms with van der Waals surface area (Å²) < 4.78 is 2.16. The lowest BCUT2D eigenvalue weighted by atomic mass is 9.99. The summed E-state index contributed by atoms with van der Waals surface area (Å²) in [6.07, 6.45) is 2.95. The number of carbonyl (C=O) groups excluding carboxylic acids is 1. The first-order valence-corrected chi connectivity index (χ1v) is 9.56. The molecular weight excluding hydrogens is 334 g/mol. The molecule has 0 aliphatic rings. The average molecular weight is 364 g/mol. The van der Waals surface area contributed by atoms with Crippen LogP contribution >= 0.6 is 0 Å². The predicted molar refractivity (Wildman–Crippen MR) is 113 cm³/mol. The highest BCUT2D eigenvalue weighted by molar-refractivity contribution is 6.00. The molecule has 142 valence electrons. The molecule has 0 saturated heterocycles. The lowest BCUT2D eigenvalue weighted by Gasteiger charge is -2.22. The van der Waals surface area contributed by atoms with Gasteiger partial charge < -0.3 is 10.3 Å². The number of nitrogens with zero attached hydrogens (tertiary/aromatic N) is 2. The second-order valence-electron chi connectivity index (χ2n) is 8.40. The highest BCUT2D eigenvalue weighted by Gasteiger charge is 2.22. The predicted octanol–water partition coefficient (Wildman–Crippen LogP) is 5.58. The first-order chi connectivity index (χ1) is 12.6. The van der Waals surface area contributed by atoms with Crippen molar-refractivity contribution in [2.24, 2.45) is 5.92 Å². The number of benzene rings is 1. The van der Waals surface area contributed by atoms with Gasteiger partial charge in [0.25, 0.3) is 0 Å². The van der Waals surface area contributed by atoms with E-state index in [2.05, 4.69) is 37.6 Å². The van der Waals surface area contributed by atoms with Crippen LogP contribution in [0.25, 0.3) is 22.2 Å². The van der Waals surface area contributed by atoms with E-state index in [1.807, 2.05) is 45.0 Å². The van der Waals surface area contributed by atoms with Crippen molar-refractivity contribution in [2.75, 3.05) is 5.73 Å². The summed E-state index contributed by atoms with van der Waals surface area (Å²) in [7, 11) is 0. The highest BCUT2D eigenvalue weighted by atomic mass is 16.1. The van der Waals surface area contributed by atoms with Crippen LogP contribution in [0.15, 0.2) is 36.5 Å². The van der Waals surface area contributed by atoms with E-state index in [0.29, 0.717) is 5.69 Å². The van der Waals surface area contributed by atoms with Crippen molar-refractivity contribution in [3.05, 3.63) is 47.8 Å². The molecule has 4 heteroatoms. The van der Waals surface area contributed by atoms with Gasteiger partial charge in [-0.25, -0.2) is 4.98 Å². The van der Waals surface area contributed by atoms with Crippen molar-refractivity contribution < 1.29 is 4.79 Å². The van der Waals surface area contributed by atoms with Crippen molar-refractivity contribution in [1.29, 1.82) is 0 Å². The van der Waals surface area contributed by atoms with E-state index in [0.717, 1.165) is 39.8 Å². The average Bonchev–Trinajstić information content (AvgIpc) is 3.01. The maximum atomic E-state index is 12.7. The number of anilines is 1. The Bertz CT molecular complexity index is 1010. The summed E-state index contributed by atoms with van der Waals surface area (Å²) in [6.45, 7) is 12.4. The second-order valence-corrected chi connectivity index (χ2v) is 8.40. The molecule has 1 atom stereocenters. The summed E-state index contributed by atoms with van der Waals surface area (Å²) >= 11 is 0. The zero-order chi connectivity index (χ0) is 19.9. The van der Waals surface area contributed by atoms with E-state index in [1.54, 1.807) is 0 Å². The first-order valence-electron chi connectivity index (χ1n) is 9.56. The van der Waals surface area contributed by atoms with Crippen LogP contribution in [0.1, 0.15) is 57.1 Å². The number of ketones is 1. The van der Waals surface area contributed by atoms with Gasteiger partial charge in [-0.2, -0.15) is 0 Å². The molecule has 2 aromatic heterocycles. The van der Waals surface area contributed by atoms with E-state index >= 15 is 0 Å². The Labute approximate surface area is 161 Å². The van der Waals surface area contributed by atoms with Gasteiger partial charge in [0.05, 0.1) is 0 Å². The van der Waals surface area contributed by atoms with Crippen molar-refractivity contribution >= 4 is 22.5 Å². The number of nitrogen functional groups attached to an aromatic ring is 1. The zero-order valence-corrected chi connectivity index (χ0v) is 17.1. The molecule has 3 aromatic rings. The van der Waals surface area contributed by atoms with E-state index in [-0.39, 0.29) is 17.2 Å². The lowest BCUT2D eigenvalue weighted by molar-refractivity contribution is 0.0922. The molecule has 0 spiro atoms. The number of aryl methyl sites for hydroxylation is 1. The second kappa shape index (κ2) is 6.84. The monoisotopic (exact) mass is 363 g/mol. The third-order valence-electron chi connectivity index (χ3n) is 5.27. The van der Waals surface area contributed by atoms with E-state index in [4.69, 9.17) is 10.7 Å². The molecular formula is C23H29N3O. The number of hydrogen-bond donors (Lipinski definition) is 1. The van der Waals surface area contributed by atoms with Crippen molar-refractivity contribution in [3.63, 3.8) is 0 Å². The first kappa shape index (κ1) is 19.2. The smallest absolute Gasteiger partial charge is 0.184 e. The van der Waals surface area contributed by atoms with Gasteiger partial charge in [0.15, 0.2) is 5.78 Å². The Kier molecular flexibility index (Phi) is 4.85. The number of pyridine rings is 1. The molecule has 0 aliphatic carbocycles. The van der Waals surface area contributed by atoms with Crippen molar-refractivity contribution in [1.82, 2.24) is 9.55 Å². The molecule has 0 amide bonds. The normalized spacial score (nSPS) is 13.1. The van der Waals surface area contributed by atoms with Crippen LogP contribution in [-0.4, -0.2) is 15.3 Å². The number of aromatic nitrogens is 2. The summed E-state index contributed by atoms with van der Waals surface area (Å²) in [5.41, 5.74) is 11.3. The molecule has 1 aromatic carbocycles. The van der Waals surface area contributed by atoms with Crippen molar-refractivity contribution in [3.8, 4) is 11.1 Å². The fourth-order valence-electron chi connectivity index (χ4n) is 3.26. The minimum absolute atomic E-state index is 0.0211. The number of carbonyl (C=O) groups is 1. The van der Waals surface area contributed by atoms with Crippen LogP contribution in [0.4, 0.5) is 5.69 Å². The third-order valence-corrected chi connectivity index (χ3v) is 5.27. The lowest BCUT2D eigenvalue weighted by Crippen LogP contribution is -2.21. The Morgan fingerprint density at radius 1 is 1.22 bits per heavy atom. The number of hydrogen-bond acceptors (Lipinski definition) is 3. The van der Waals surface area contributed by atoms with Gasteiger partial charge in [-0.15, -0.1) is 0 Å². The summed E-state index contributed by atoms with van der Waals surface area (Å²) in [5.74, 6) is 0.0816.